The van der Waals surface area contributed by atoms with E-state index in [0.717, 1.165) is 26.7 Å². The zero-order chi connectivity index (χ0) is 12.5. The second-order valence-electron chi connectivity index (χ2n) is 3.85. The molecule has 18 heavy (non-hydrogen) atoms. The highest BCUT2D eigenvalue weighted by atomic mass is 79.9. The highest BCUT2D eigenvalue weighted by Gasteiger charge is 2.05. The highest BCUT2D eigenvalue weighted by molar-refractivity contribution is 9.10. The van der Waals surface area contributed by atoms with Crippen LogP contribution >= 0.6 is 38.6 Å². The van der Waals surface area contributed by atoms with Crippen molar-refractivity contribution in [1.29, 1.82) is 0 Å². The summed E-state index contributed by atoms with van der Waals surface area (Å²) in [7, 11) is 0. The quantitative estimate of drug-likeness (QED) is 0.766. The van der Waals surface area contributed by atoms with Crippen LogP contribution in [0.15, 0.2) is 28.9 Å². The lowest BCUT2D eigenvalue weighted by Crippen LogP contribution is -1.97. The van der Waals surface area contributed by atoms with E-state index in [1.54, 1.807) is 22.7 Å². The van der Waals surface area contributed by atoms with Crippen molar-refractivity contribution in [2.45, 2.75) is 13.5 Å². The standard InChI is InChI=1S/C12H10BrN3S2/c1-7-5-14-11(17-7)6-15-12-16-9-3-2-8(13)4-10(9)18-12/h2-5H,6H2,1H3,(H,15,16). The molecule has 0 saturated heterocycles. The number of thiazole rings is 2. The van der Waals surface area contributed by atoms with Gasteiger partial charge in [-0.2, -0.15) is 0 Å². The van der Waals surface area contributed by atoms with Crippen molar-refractivity contribution >= 4 is 54.0 Å². The molecule has 92 valence electrons. The van der Waals surface area contributed by atoms with Crippen LogP contribution in [0.4, 0.5) is 5.13 Å². The van der Waals surface area contributed by atoms with Crippen LogP contribution in [0.2, 0.25) is 0 Å². The smallest absolute Gasteiger partial charge is 0.184 e. The number of anilines is 1. The van der Waals surface area contributed by atoms with Crippen LogP contribution in [0.5, 0.6) is 0 Å². The summed E-state index contributed by atoms with van der Waals surface area (Å²) in [5, 5.41) is 5.35. The SMILES string of the molecule is Cc1cnc(CNc2nc3ccc(Br)cc3s2)s1. The molecule has 1 N–H and O–H groups in total. The van der Waals surface area contributed by atoms with E-state index in [1.807, 2.05) is 18.3 Å². The Bertz CT molecular complexity index is 690. The first-order valence-electron chi connectivity index (χ1n) is 5.42. The Morgan fingerprint density at radius 1 is 1.33 bits per heavy atom. The number of nitrogens with one attached hydrogen (secondary N) is 1. The van der Waals surface area contributed by atoms with Gasteiger partial charge in [0, 0.05) is 15.5 Å². The van der Waals surface area contributed by atoms with Crippen molar-refractivity contribution in [2.75, 3.05) is 5.32 Å². The molecular formula is C12H10BrN3S2. The van der Waals surface area contributed by atoms with E-state index >= 15 is 0 Å². The largest absolute Gasteiger partial charge is 0.355 e. The minimum Gasteiger partial charge on any atom is -0.355 e. The minimum absolute atomic E-state index is 0.736. The average Bonchev–Trinajstić information content (AvgIpc) is 2.92. The molecule has 6 heteroatoms. The van der Waals surface area contributed by atoms with Crippen LogP contribution in [0.1, 0.15) is 9.88 Å². The Kier molecular flexibility index (Phi) is 3.32. The van der Waals surface area contributed by atoms with Crippen LogP contribution in [0.3, 0.4) is 0 Å². The van der Waals surface area contributed by atoms with Crippen LogP contribution in [0, 0.1) is 6.92 Å². The lowest BCUT2D eigenvalue weighted by molar-refractivity contribution is 1.10. The second-order valence-corrected chi connectivity index (χ2v) is 7.11. The average molecular weight is 340 g/mol. The Morgan fingerprint density at radius 2 is 2.22 bits per heavy atom. The molecule has 2 aromatic heterocycles. The predicted octanol–water partition coefficient (Wildman–Crippen LogP) is 4.44. The molecule has 3 rings (SSSR count). The fourth-order valence-corrected chi connectivity index (χ4v) is 3.75. The lowest BCUT2D eigenvalue weighted by atomic mass is 10.3. The summed E-state index contributed by atoms with van der Waals surface area (Å²) in [6.45, 7) is 2.80. The molecule has 3 aromatic rings. The number of benzene rings is 1. The summed E-state index contributed by atoms with van der Waals surface area (Å²) < 4.78 is 2.27. The van der Waals surface area contributed by atoms with Crippen molar-refractivity contribution in [3.63, 3.8) is 0 Å². The van der Waals surface area contributed by atoms with Gasteiger partial charge in [-0.1, -0.05) is 27.3 Å². The number of rotatable bonds is 3. The maximum absolute atomic E-state index is 4.54. The van der Waals surface area contributed by atoms with Gasteiger partial charge in [0.15, 0.2) is 5.13 Å². The van der Waals surface area contributed by atoms with Crippen LogP contribution < -0.4 is 5.32 Å². The lowest BCUT2D eigenvalue weighted by Gasteiger charge is -1.97. The first kappa shape index (κ1) is 12.1. The third-order valence-corrected chi connectivity index (χ3v) is 4.79. The van der Waals surface area contributed by atoms with E-state index in [1.165, 1.54) is 9.58 Å². The number of aryl methyl sites for hydroxylation is 1. The Labute approximate surface area is 121 Å². The van der Waals surface area contributed by atoms with Gasteiger partial charge in [-0.05, 0) is 25.1 Å². The second kappa shape index (κ2) is 4.95. The van der Waals surface area contributed by atoms with Gasteiger partial charge in [0.05, 0.1) is 16.8 Å². The molecule has 0 fully saturated rings. The van der Waals surface area contributed by atoms with Crippen LogP contribution in [-0.2, 0) is 6.54 Å². The summed E-state index contributed by atoms with van der Waals surface area (Å²) in [6.07, 6.45) is 1.90. The molecule has 0 aliphatic carbocycles. The molecule has 0 unspecified atom stereocenters. The monoisotopic (exact) mass is 339 g/mol. The van der Waals surface area contributed by atoms with Gasteiger partial charge in [0.25, 0.3) is 0 Å². The van der Waals surface area contributed by atoms with Crippen molar-refractivity contribution in [3.05, 3.63) is 38.8 Å². The predicted molar refractivity (Wildman–Crippen MR) is 81.5 cm³/mol. The van der Waals surface area contributed by atoms with Crippen LogP contribution in [-0.4, -0.2) is 9.97 Å². The summed E-state index contributed by atoms with van der Waals surface area (Å²) in [4.78, 5) is 10.1. The van der Waals surface area contributed by atoms with Gasteiger partial charge < -0.3 is 5.32 Å². The van der Waals surface area contributed by atoms with E-state index in [9.17, 15) is 0 Å². The molecule has 0 atom stereocenters. The molecule has 0 radical (unpaired) electrons. The normalized spacial score (nSPS) is 11.0. The first-order chi connectivity index (χ1) is 8.70. The van der Waals surface area contributed by atoms with Gasteiger partial charge in [-0.15, -0.1) is 11.3 Å². The van der Waals surface area contributed by atoms with Gasteiger partial charge in [-0.25, -0.2) is 9.97 Å². The number of nitrogens with zero attached hydrogens (tertiary/aromatic N) is 2. The molecule has 0 bridgehead atoms. The molecule has 3 nitrogen and oxygen atoms in total. The topological polar surface area (TPSA) is 37.8 Å². The van der Waals surface area contributed by atoms with E-state index < -0.39 is 0 Å². The number of halogens is 1. The van der Waals surface area contributed by atoms with Crippen molar-refractivity contribution in [1.82, 2.24) is 9.97 Å². The van der Waals surface area contributed by atoms with Crippen molar-refractivity contribution < 1.29 is 0 Å². The fourth-order valence-electron chi connectivity index (χ4n) is 1.61. The van der Waals surface area contributed by atoms with Gasteiger partial charge in [0.2, 0.25) is 0 Å². The van der Waals surface area contributed by atoms with Crippen LogP contribution in [0.25, 0.3) is 10.2 Å². The highest BCUT2D eigenvalue weighted by Crippen LogP contribution is 2.28. The van der Waals surface area contributed by atoms with Crippen molar-refractivity contribution in [2.24, 2.45) is 0 Å². The van der Waals surface area contributed by atoms with E-state index in [-0.39, 0.29) is 0 Å². The molecule has 1 aromatic carbocycles. The minimum atomic E-state index is 0.736. The molecule has 0 amide bonds. The summed E-state index contributed by atoms with van der Waals surface area (Å²) in [5.41, 5.74) is 1.03. The molecule has 0 spiro atoms. The van der Waals surface area contributed by atoms with Crippen molar-refractivity contribution in [3.8, 4) is 0 Å². The Hall–Kier alpha value is -0.980. The maximum Gasteiger partial charge on any atom is 0.184 e. The first-order valence-corrected chi connectivity index (χ1v) is 7.84. The molecular weight excluding hydrogens is 330 g/mol. The van der Waals surface area contributed by atoms with E-state index in [2.05, 4.69) is 44.2 Å². The fraction of sp³-hybridized carbons (Fsp3) is 0.167. The number of hydrogen-bond acceptors (Lipinski definition) is 5. The summed E-state index contributed by atoms with van der Waals surface area (Å²) in [5.74, 6) is 0. The third kappa shape index (κ3) is 2.55. The van der Waals surface area contributed by atoms with E-state index in [4.69, 9.17) is 0 Å². The zero-order valence-electron chi connectivity index (χ0n) is 9.61. The third-order valence-electron chi connectivity index (χ3n) is 2.41. The summed E-state index contributed by atoms with van der Waals surface area (Å²) >= 11 is 6.84. The summed E-state index contributed by atoms with van der Waals surface area (Å²) in [6, 6.07) is 6.12. The Morgan fingerprint density at radius 3 is 3.00 bits per heavy atom. The van der Waals surface area contributed by atoms with Gasteiger partial charge in [0.1, 0.15) is 5.01 Å². The van der Waals surface area contributed by atoms with Gasteiger partial charge in [-0.3, -0.25) is 0 Å². The zero-order valence-corrected chi connectivity index (χ0v) is 12.8. The van der Waals surface area contributed by atoms with E-state index in [0.29, 0.717) is 0 Å². The number of fused-ring (bicyclic) bond motifs is 1. The maximum atomic E-state index is 4.54. The number of hydrogen-bond donors (Lipinski definition) is 1. The molecule has 2 heterocycles. The Balaban J connectivity index is 1.78. The molecule has 0 saturated carbocycles. The number of aromatic nitrogens is 2. The molecule has 0 aliphatic rings. The molecule has 0 aliphatic heterocycles. The van der Waals surface area contributed by atoms with Gasteiger partial charge >= 0.3 is 0 Å².